The Kier molecular flexibility index (Phi) is 7.30. The first kappa shape index (κ1) is 22.6. The lowest BCUT2D eigenvalue weighted by Gasteiger charge is -2.19. The van der Waals surface area contributed by atoms with Crippen LogP contribution in [0, 0.1) is 0 Å². The van der Waals surface area contributed by atoms with Crippen molar-refractivity contribution in [2.45, 2.75) is 26.2 Å². The van der Waals surface area contributed by atoms with E-state index in [0.29, 0.717) is 16.8 Å². The van der Waals surface area contributed by atoms with E-state index >= 15 is 0 Å². The maximum Gasteiger partial charge on any atom is 0.325 e. The van der Waals surface area contributed by atoms with Crippen molar-refractivity contribution in [2.75, 3.05) is 18.5 Å². The Labute approximate surface area is 174 Å². The van der Waals surface area contributed by atoms with Gasteiger partial charge in [-0.05, 0) is 47.4 Å². The summed E-state index contributed by atoms with van der Waals surface area (Å²) >= 11 is 0. The topological polar surface area (TPSA) is 128 Å². The number of hydrogen-bond donors (Lipinski definition) is 3. The number of anilines is 1. The minimum Gasteiger partial charge on any atom is -0.454 e. The number of hydrogen-bond acceptors (Lipinski definition) is 5. The Morgan fingerprint density at radius 2 is 1.47 bits per heavy atom. The van der Waals surface area contributed by atoms with Crippen LogP contribution in [-0.2, 0) is 19.7 Å². The zero-order valence-electron chi connectivity index (χ0n) is 17.2. The number of primary amides is 1. The number of nitrogens with one attached hydrogen (secondary N) is 2. The lowest BCUT2D eigenvalue weighted by molar-refractivity contribution is -0.146. The van der Waals surface area contributed by atoms with Gasteiger partial charge in [-0.3, -0.25) is 19.2 Å². The monoisotopic (exact) mass is 411 g/mol. The van der Waals surface area contributed by atoms with Crippen molar-refractivity contribution in [1.82, 2.24) is 5.32 Å². The van der Waals surface area contributed by atoms with Crippen molar-refractivity contribution >= 4 is 29.4 Å². The summed E-state index contributed by atoms with van der Waals surface area (Å²) in [4.78, 5) is 46.8. The van der Waals surface area contributed by atoms with Gasteiger partial charge in [0.25, 0.3) is 11.8 Å². The van der Waals surface area contributed by atoms with Crippen LogP contribution in [-0.4, -0.2) is 36.8 Å². The Balaban J connectivity index is 1.75. The number of ether oxygens (including phenoxy) is 1. The largest absolute Gasteiger partial charge is 0.454 e. The number of carbonyl (C=O) groups is 4. The summed E-state index contributed by atoms with van der Waals surface area (Å²) in [6, 6.07) is 13.1. The molecule has 0 heterocycles. The molecule has 0 radical (unpaired) electrons. The number of nitrogens with two attached hydrogens (primary N) is 1. The van der Waals surface area contributed by atoms with Crippen molar-refractivity contribution in [3.05, 3.63) is 65.2 Å². The molecule has 0 spiro atoms. The van der Waals surface area contributed by atoms with Gasteiger partial charge in [0.1, 0.15) is 6.54 Å². The molecule has 2 aromatic rings. The van der Waals surface area contributed by atoms with Gasteiger partial charge in [-0.25, -0.2) is 0 Å². The van der Waals surface area contributed by atoms with Crippen LogP contribution in [0.3, 0.4) is 0 Å². The van der Waals surface area contributed by atoms with Gasteiger partial charge in [-0.1, -0.05) is 32.9 Å². The summed E-state index contributed by atoms with van der Waals surface area (Å²) in [7, 11) is 0. The molecule has 8 heteroatoms. The van der Waals surface area contributed by atoms with E-state index in [1.807, 2.05) is 12.1 Å². The molecule has 3 amide bonds. The molecule has 2 aromatic carbocycles. The van der Waals surface area contributed by atoms with Gasteiger partial charge in [0.15, 0.2) is 6.61 Å². The third-order valence-corrected chi connectivity index (χ3v) is 4.22. The number of benzene rings is 2. The highest BCUT2D eigenvalue weighted by atomic mass is 16.5. The molecule has 0 aliphatic heterocycles. The number of carbonyl (C=O) groups excluding carboxylic acids is 4. The predicted molar refractivity (Wildman–Crippen MR) is 112 cm³/mol. The lowest BCUT2D eigenvalue weighted by atomic mass is 9.87. The van der Waals surface area contributed by atoms with Crippen LogP contribution in [0.25, 0.3) is 0 Å². The fourth-order valence-corrected chi connectivity index (χ4v) is 2.49. The zero-order valence-corrected chi connectivity index (χ0v) is 17.2. The second-order valence-electron chi connectivity index (χ2n) is 7.66. The fraction of sp³-hybridized carbons (Fsp3) is 0.273. The van der Waals surface area contributed by atoms with Crippen molar-refractivity contribution in [3.63, 3.8) is 0 Å². The molecule has 0 bridgehead atoms. The highest BCUT2D eigenvalue weighted by molar-refractivity contribution is 5.97. The number of rotatable bonds is 7. The molecular formula is C22H25N3O5. The molecule has 8 nitrogen and oxygen atoms in total. The van der Waals surface area contributed by atoms with E-state index in [1.54, 1.807) is 12.1 Å². The lowest BCUT2D eigenvalue weighted by Crippen LogP contribution is -2.32. The van der Waals surface area contributed by atoms with Gasteiger partial charge in [0.05, 0.1) is 0 Å². The maximum absolute atomic E-state index is 12.1. The van der Waals surface area contributed by atoms with Gasteiger partial charge >= 0.3 is 5.97 Å². The van der Waals surface area contributed by atoms with E-state index < -0.39 is 30.3 Å². The standard InChI is InChI=1S/C22H25N3O5/c1-22(2,3)16-8-4-15(5-9-16)21(29)24-12-19(27)30-13-18(26)25-17-10-6-14(7-11-17)20(23)28/h4-11H,12-13H2,1-3H3,(H2,23,28)(H,24,29)(H,25,26). The molecule has 0 aliphatic rings. The summed E-state index contributed by atoms with van der Waals surface area (Å²) < 4.78 is 4.85. The molecule has 0 unspecified atom stereocenters. The fourth-order valence-electron chi connectivity index (χ4n) is 2.49. The van der Waals surface area contributed by atoms with Crippen LogP contribution < -0.4 is 16.4 Å². The van der Waals surface area contributed by atoms with Crippen molar-refractivity contribution in [2.24, 2.45) is 5.73 Å². The predicted octanol–water partition coefficient (Wildman–Crippen LogP) is 1.99. The first-order valence-electron chi connectivity index (χ1n) is 9.30. The molecule has 30 heavy (non-hydrogen) atoms. The third-order valence-electron chi connectivity index (χ3n) is 4.22. The van der Waals surface area contributed by atoms with Crippen LogP contribution in [0.15, 0.2) is 48.5 Å². The molecule has 2 rings (SSSR count). The highest BCUT2D eigenvalue weighted by Gasteiger charge is 2.15. The van der Waals surface area contributed by atoms with E-state index in [9.17, 15) is 19.2 Å². The quantitative estimate of drug-likeness (QED) is 0.601. The molecule has 0 aliphatic carbocycles. The van der Waals surface area contributed by atoms with Crippen LogP contribution in [0.5, 0.6) is 0 Å². The Morgan fingerprint density at radius 3 is 2.00 bits per heavy atom. The Bertz CT molecular complexity index is 929. The van der Waals surface area contributed by atoms with Crippen molar-refractivity contribution < 1.29 is 23.9 Å². The summed E-state index contributed by atoms with van der Waals surface area (Å²) in [6.07, 6.45) is 0. The molecule has 0 aromatic heterocycles. The molecule has 4 N–H and O–H groups in total. The van der Waals surface area contributed by atoms with Crippen LogP contribution in [0.1, 0.15) is 47.1 Å². The van der Waals surface area contributed by atoms with Gasteiger partial charge in [-0.15, -0.1) is 0 Å². The minimum absolute atomic E-state index is 0.0245. The van der Waals surface area contributed by atoms with Gasteiger partial charge < -0.3 is 21.1 Å². The summed E-state index contributed by atoms with van der Waals surface area (Å²) in [6.45, 7) is 5.35. The van der Waals surface area contributed by atoms with E-state index in [1.165, 1.54) is 24.3 Å². The smallest absolute Gasteiger partial charge is 0.325 e. The number of esters is 1. The SMILES string of the molecule is CC(C)(C)c1ccc(C(=O)NCC(=O)OCC(=O)Nc2ccc(C(N)=O)cc2)cc1. The molecule has 158 valence electrons. The number of amides is 3. The zero-order chi connectivity index (χ0) is 22.3. The Morgan fingerprint density at radius 1 is 0.900 bits per heavy atom. The average Bonchev–Trinajstić information content (AvgIpc) is 2.70. The van der Waals surface area contributed by atoms with Gasteiger partial charge in [0.2, 0.25) is 5.91 Å². The summed E-state index contributed by atoms with van der Waals surface area (Å²) in [5.74, 6) is -2.28. The second-order valence-corrected chi connectivity index (χ2v) is 7.66. The minimum atomic E-state index is -0.742. The Hall–Kier alpha value is -3.68. The van der Waals surface area contributed by atoms with Crippen LogP contribution in [0.4, 0.5) is 5.69 Å². The molecule has 0 atom stereocenters. The normalized spacial score (nSPS) is 10.8. The van der Waals surface area contributed by atoms with E-state index in [2.05, 4.69) is 31.4 Å². The van der Waals surface area contributed by atoms with Gasteiger partial charge in [-0.2, -0.15) is 0 Å². The second kappa shape index (κ2) is 9.69. The molecule has 0 fully saturated rings. The average molecular weight is 411 g/mol. The van der Waals surface area contributed by atoms with Gasteiger partial charge in [0, 0.05) is 16.8 Å². The molecular weight excluding hydrogens is 386 g/mol. The molecule has 0 saturated heterocycles. The molecule has 0 saturated carbocycles. The van der Waals surface area contributed by atoms with E-state index in [0.717, 1.165) is 5.56 Å². The van der Waals surface area contributed by atoms with E-state index in [4.69, 9.17) is 10.5 Å². The summed E-state index contributed by atoms with van der Waals surface area (Å²) in [5.41, 5.74) is 7.37. The maximum atomic E-state index is 12.1. The first-order valence-corrected chi connectivity index (χ1v) is 9.30. The highest BCUT2D eigenvalue weighted by Crippen LogP contribution is 2.22. The first-order chi connectivity index (χ1) is 14.1. The van der Waals surface area contributed by atoms with Crippen molar-refractivity contribution in [3.8, 4) is 0 Å². The van der Waals surface area contributed by atoms with E-state index in [-0.39, 0.29) is 12.0 Å². The summed E-state index contributed by atoms with van der Waals surface area (Å²) in [5, 5.41) is 4.97. The third kappa shape index (κ3) is 6.73. The van der Waals surface area contributed by atoms with Crippen LogP contribution >= 0.6 is 0 Å². The van der Waals surface area contributed by atoms with Crippen LogP contribution in [0.2, 0.25) is 0 Å². The van der Waals surface area contributed by atoms with Crippen molar-refractivity contribution in [1.29, 1.82) is 0 Å².